The predicted octanol–water partition coefficient (Wildman–Crippen LogP) is 3.82. The third-order valence-corrected chi connectivity index (χ3v) is 3.10. The van der Waals surface area contributed by atoms with Gasteiger partial charge in [0.15, 0.2) is 0 Å². The fraction of sp³-hybridized carbons (Fsp3) is 0.625. The van der Waals surface area contributed by atoms with E-state index in [4.69, 9.17) is 4.74 Å². The van der Waals surface area contributed by atoms with Gasteiger partial charge in [0.25, 0.3) is 0 Å². The lowest BCUT2D eigenvalue weighted by Crippen LogP contribution is -2.14. The van der Waals surface area contributed by atoms with Crippen LogP contribution in [0.25, 0.3) is 0 Å². The van der Waals surface area contributed by atoms with Gasteiger partial charge in [0.05, 0.1) is 24.3 Å². The summed E-state index contributed by atoms with van der Waals surface area (Å²) in [5.41, 5.74) is 1.78. The van der Waals surface area contributed by atoms with E-state index < -0.39 is 0 Å². The Morgan fingerprint density at radius 3 is 2.75 bits per heavy atom. The molecule has 1 rings (SSSR count). The van der Waals surface area contributed by atoms with E-state index in [9.17, 15) is 0 Å². The molecular weight excluding hydrogens is 250 g/mol. The molecule has 0 N–H and O–H groups in total. The molecule has 1 aromatic rings. The molecule has 0 saturated carbocycles. The van der Waals surface area contributed by atoms with Crippen molar-refractivity contribution in [1.82, 2.24) is 9.88 Å². The highest BCUT2D eigenvalue weighted by molar-refractivity contribution is 5.62. The van der Waals surface area contributed by atoms with Gasteiger partial charge in [-0.25, -0.2) is 9.98 Å². The summed E-state index contributed by atoms with van der Waals surface area (Å²) >= 11 is 0. The van der Waals surface area contributed by atoms with Crippen LogP contribution in [0.3, 0.4) is 0 Å². The first-order valence-electron chi connectivity index (χ1n) is 7.37. The first kappa shape index (κ1) is 16.5. The van der Waals surface area contributed by atoms with Crippen LogP contribution in [0.4, 0.5) is 5.69 Å². The van der Waals surface area contributed by atoms with Crippen molar-refractivity contribution >= 4 is 12.0 Å². The third kappa shape index (κ3) is 6.04. The van der Waals surface area contributed by atoms with E-state index in [0.717, 1.165) is 36.9 Å². The average molecular weight is 277 g/mol. The number of ether oxygens (including phenoxy) is 1. The molecule has 0 unspecified atom stereocenters. The van der Waals surface area contributed by atoms with Crippen LogP contribution in [-0.4, -0.2) is 36.4 Å². The maximum atomic E-state index is 5.67. The number of pyridine rings is 1. The van der Waals surface area contributed by atoms with E-state index in [-0.39, 0.29) is 0 Å². The second kappa shape index (κ2) is 8.56. The molecule has 0 atom stereocenters. The van der Waals surface area contributed by atoms with Gasteiger partial charge >= 0.3 is 0 Å². The number of hydrogen-bond donors (Lipinski definition) is 0. The van der Waals surface area contributed by atoms with Crippen molar-refractivity contribution in [3.63, 3.8) is 0 Å². The van der Waals surface area contributed by atoms with Gasteiger partial charge in [-0.3, -0.25) is 0 Å². The Morgan fingerprint density at radius 1 is 1.40 bits per heavy atom. The summed E-state index contributed by atoms with van der Waals surface area (Å²) < 4.78 is 5.67. The lowest BCUT2D eigenvalue weighted by atomic mass is 10.1. The van der Waals surface area contributed by atoms with E-state index in [0.29, 0.717) is 5.88 Å². The Balaban J connectivity index is 2.53. The Labute approximate surface area is 122 Å². The molecule has 0 aromatic carbocycles. The number of hydrogen-bond acceptors (Lipinski definition) is 3. The molecule has 1 heterocycles. The van der Waals surface area contributed by atoms with Crippen LogP contribution in [0.1, 0.15) is 39.3 Å². The minimum absolute atomic E-state index is 0.689. The van der Waals surface area contributed by atoms with Crippen molar-refractivity contribution in [1.29, 1.82) is 0 Å². The van der Waals surface area contributed by atoms with Crippen LogP contribution in [-0.2, 0) is 0 Å². The van der Waals surface area contributed by atoms with Gasteiger partial charge in [-0.05, 0) is 38.7 Å². The molecule has 0 fully saturated rings. The highest BCUT2D eigenvalue weighted by Crippen LogP contribution is 2.20. The molecule has 1 aromatic heterocycles. The van der Waals surface area contributed by atoms with Gasteiger partial charge in [-0.2, -0.15) is 0 Å². The SMILES string of the molecule is CCN(C)/C=N/c1ccc(OCCCC(C)C)nc1C. The molecule has 112 valence electrons. The van der Waals surface area contributed by atoms with E-state index in [1.54, 1.807) is 0 Å². The van der Waals surface area contributed by atoms with E-state index in [1.807, 2.05) is 37.3 Å². The van der Waals surface area contributed by atoms with Crippen LogP contribution in [0.2, 0.25) is 0 Å². The van der Waals surface area contributed by atoms with Crippen LogP contribution >= 0.6 is 0 Å². The van der Waals surface area contributed by atoms with Gasteiger partial charge in [0.1, 0.15) is 0 Å². The zero-order valence-electron chi connectivity index (χ0n) is 13.4. The topological polar surface area (TPSA) is 37.7 Å². The minimum Gasteiger partial charge on any atom is -0.478 e. The van der Waals surface area contributed by atoms with Crippen molar-refractivity contribution < 1.29 is 4.74 Å². The van der Waals surface area contributed by atoms with Gasteiger partial charge in [-0.15, -0.1) is 0 Å². The first-order valence-corrected chi connectivity index (χ1v) is 7.37. The molecule has 0 spiro atoms. The van der Waals surface area contributed by atoms with Crippen LogP contribution in [0, 0.1) is 12.8 Å². The largest absolute Gasteiger partial charge is 0.478 e. The van der Waals surface area contributed by atoms with Crippen molar-refractivity contribution in [3.05, 3.63) is 17.8 Å². The first-order chi connectivity index (χ1) is 9.52. The molecule has 0 aliphatic carbocycles. The highest BCUT2D eigenvalue weighted by atomic mass is 16.5. The van der Waals surface area contributed by atoms with Crippen LogP contribution in [0.15, 0.2) is 17.1 Å². The summed E-state index contributed by atoms with van der Waals surface area (Å²) in [5.74, 6) is 1.41. The van der Waals surface area contributed by atoms with Crippen LogP contribution in [0.5, 0.6) is 5.88 Å². The minimum atomic E-state index is 0.689. The maximum absolute atomic E-state index is 5.67. The van der Waals surface area contributed by atoms with Crippen molar-refractivity contribution in [2.24, 2.45) is 10.9 Å². The average Bonchev–Trinajstić information content (AvgIpc) is 2.42. The van der Waals surface area contributed by atoms with Crippen molar-refractivity contribution in [3.8, 4) is 5.88 Å². The Hall–Kier alpha value is -1.58. The maximum Gasteiger partial charge on any atom is 0.213 e. The van der Waals surface area contributed by atoms with Crippen molar-refractivity contribution in [2.75, 3.05) is 20.2 Å². The Kier molecular flexibility index (Phi) is 7.05. The zero-order valence-corrected chi connectivity index (χ0v) is 13.4. The smallest absolute Gasteiger partial charge is 0.213 e. The quantitative estimate of drug-likeness (QED) is 0.412. The standard InChI is InChI=1S/C16H27N3O/c1-6-19(5)12-17-15-9-10-16(18-14(15)4)20-11-7-8-13(2)3/h9-10,12-13H,6-8,11H2,1-5H3/b17-12+. The molecule has 20 heavy (non-hydrogen) atoms. The van der Waals surface area contributed by atoms with Gasteiger partial charge in [0, 0.05) is 19.7 Å². The molecule has 0 saturated heterocycles. The molecule has 0 amide bonds. The normalized spacial score (nSPS) is 11.3. The molecule has 0 bridgehead atoms. The van der Waals surface area contributed by atoms with Gasteiger partial charge in [0.2, 0.25) is 5.88 Å². The second-order valence-electron chi connectivity index (χ2n) is 5.46. The van der Waals surface area contributed by atoms with E-state index >= 15 is 0 Å². The summed E-state index contributed by atoms with van der Waals surface area (Å²) in [5, 5.41) is 0. The monoisotopic (exact) mass is 277 g/mol. The number of nitrogens with zero attached hydrogens (tertiary/aromatic N) is 3. The lowest BCUT2D eigenvalue weighted by Gasteiger charge is -2.10. The summed E-state index contributed by atoms with van der Waals surface area (Å²) in [4.78, 5) is 10.9. The summed E-state index contributed by atoms with van der Waals surface area (Å²) in [6, 6.07) is 3.85. The summed E-state index contributed by atoms with van der Waals surface area (Å²) in [6.45, 7) is 10.2. The Bertz CT molecular complexity index is 430. The van der Waals surface area contributed by atoms with Gasteiger partial charge < -0.3 is 9.64 Å². The van der Waals surface area contributed by atoms with E-state index in [2.05, 4.69) is 30.7 Å². The number of aliphatic imine (C=N–C) groups is 1. The highest BCUT2D eigenvalue weighted by Gasteiger charge is 2.02. The lowest BCUT2D eigenvalue weighted by molar-refractivity contribution is 0.287. The molecule has 0 radical (unpaired) electrons. The number of aryl methyl sites for hydroxylation is 1. The summed E-state index contributed by atoms with van der Waals surface area (Å²) in [7, 11) is 2.00. The number of aromatic nitrogens is 1. The second-order valence-corrected chi connectivity index (χ2v) is 5.46. The van der Waals surface area contributed by atoms with E-state index in [1.165, 1.54) is 6.42 Å². The molecule has 4 heteroatoms. The molecule has 0 aliphatic rings. The third-order valence-electron chi connectivity index (χ3n) is 3.10. The molecular formula is C16H27N3O. The van der Waals surface area contributed by atoms with Crippen LogP contribution < -0.4 is 4.74 Å². The predicted molar refractivity (Wildman–Crippen MR) is 85.0 cm³/mol. The number of rotatable bonds is 8. The zero-order chi connectivity index (χ0) is 15.0. The Morgan fingerprint density at radius 2 is 2.15 bits per heavy atom. The fourth-order valence-electron chi connectivity index (χ4n) is 1.66. The molecule has 4 nitrogen and oxygen atoms in total. The summed E-state index contributed by atoms with van der Waals surface area (Å²) in [6.07, 6.45) is 4.08. The molecule has 0 aliphatic heterocycles. The van der Waals surface area contributed by atoms with Gasteiger partial charge in [-0.1, -0.05) is 13.8 Å². The fourth-order valence-corrected chi connectivity index (χ4v) is 1.66. The van der Waals surface area contributed by atoms with Crippen molar-refractivity contribution in [2.45, 2.75) is 40.5 Å².